The van der Waals surface area contributed by atoms with Crippen LogP contribution >= 0.6 is 0 Å². The van der Waals surface area contributed by atoms with Crippen molar-refractivity contribution in [1.82, 2.24) is 15.2 Å². The van der Waals surface area contributed by atoms with Crippen molar-refractivity contribution in [3.63, 3.8) is 0 Å². The first-order chi connectivity index (χ1) is 9.84. The Hall–Kier alpha value is -2.37. The zero-order valence-electron chi connectivity index (χ0n) is 11.2. The molecular weight excluding hydrogens is 254 g/mol. The van der Waals surface area contributed by atoms with Gasteiger partial charge in [-0.05, 0) is 31.4 Å². The van der Waals surface area contributed by atoms with Crippen LogP contribution in [0.4, 0.5) is 11.4 Å². The molecular formula is C14H17N5O. The number of hydrogen-bond donors (Lipinski definition) is 2. The maximum absolute atomic E-state index is 12.0. The summed E-state index contributed by atoms with van der Waals surface area (Å²) < 4.78 is 0. The highest BCUT2D eigenvalue weighted by atomic mass is 16.2. The molecule has 1 aliphatic rings. The minimum Gasteiger partial charge on any atom is -0.370 e. The van der Waals surface area contributed by atoms with Crippen LogP contribution in [0.3, 0.4) is 0 Å². The van der Waals surface area contributed by atoms with Crippen LogP contribution in [0.1, 0.15) is 29.9 Å². The lowest BCUT2D eigenvalue weighted by atomic mass is 10.1. The molecule has 1 fully saturated rings. The number of carbonyl (C=O) groups excluding carboxylic acids is 1. The van der Waals surface area contributed by atoms with Gasteiger partial charge in [0, 0.05) is 13.1 Å². The Morgan fingerprint density at radius 1 is 1.20 bits per heavy atom. The van der Waals surface area contributed by atoms with Crippen LogP contribution in [0.25, 0.3) is 0 Å². The molecule has 1 saturated heterocycles. The van der Waals surface area contributed by atoms with Crippen LogP contribution in [0.2, 0.25) is 0 Å². The van der Waals surface area contributed by atoms with Gasteiger partial charge in [0.25, 0.3) is 5.91 Å². The fourth-order valence-corrected chi connectivity index (χ4v) is 2.49. The second-order valence-electron chi connectivity index (χ2n) is 4.85. The van der Waals surface area contributed by atoms with Crippen molar-refractivity contribution in [2.24, 2.45) is 0 Å². The van der Waals surface area contributed by atoms with E-state index in [0.29, 0.717) is 0 Å². The van der Waals surface area contributed by atoms with Crippen molar-refractivity contribution < 1.29 is 4.79 Å². The molecule has 1 aromatic heterocycles. The van der Waals surface area contributed by atoms with E-state index in [2.05, 4.69) is 25.4 Å². The third kappa shape index (κ3) is 2.64. The first-order valence-electron chi connectivity index (χ1n) is 6.85. The van der Waals surface area contributed by atoms with Gasteiger partial charge < -0.3 is 10.2 Å². The molecule has 6 heteroatoms. The molecule has 1 amide bonds. The Kier molecular flexibility index (Phi) is 3.62. The van der Waals surface area contributed by atoms with Crippen LogP contribution in [0, 0.1) is 0 Å². The molecule has 0 aliphatic carbocycles. The number of carbonyl (C=O) groups is 1. The molecule has 2 N–H and O–H groups in total. The molecule has 3 rings (SSSR count). The van der Waals surface area contributed by atoms with E-state index >= 15 is 0 Å². The third-order valence-electron chi connectivity index (χ3n) is 3.48. The minimum atomic E-state index is -0.271. The van der Waals surface area contributed by atoms with E-state index < -0.39 is 0 Å². The van der Waals surface area contributed by atoms with E-state index in [-0.39, 0.29) is 11.7 Å². The lowest BCUT2D eigenvalue weighted by Gasteiger charge is -2.30. The molecule has 20 heavy (non-hydrogen) atoms. The second kappa shape index (κ2) is 5.73. The number of aromatic amines is 1. The largest absolute Gasteiger partial charge is 0.370 e. The van der Waals surface area contributed by atoms with E-state index in [0.717, 1.165) is 24.5 Å². The zero-order valence-corrected chi connectivity index (χ0v) is 11.2. The molecule has 2 aromatic rings. The van der Waals surface area contributed by atoms with Gasteiger partial charge in [0.2, 0.25) is 5.82 Å². The Balaban J connectivity index is 1.80. The number of para-hydroxylation sites is 2. The molecule has 0 radical (unpaired) electrons. The van der Waals surface area contributed by atoms with E-state index in [9.17, 15) is 4.79 Å². The van der Waals surface area contributed by atoms with Gasteiger partial charge in [0.05, 0.1) is 11.4 Å². The highest BCUT2D eigenvalue weighted by Gasteiger charge is 2.16. The van der Waals surface area contributed by atoms with Gasteiger partial charge in [-0.3, -0.25) is 9.89 Å². The van der Waals surface area contributed by atoms with Crippen molar-refractivity contribution in [3.05, 3.63) is 36.4 Å². The average molecular weight is 271 g/mol. The maximum atomic E-state index is 12.0. The molecule has 6 nitrogen and oxygen atoms in total. The number of amides is 1. The highest BCUT2D eigenvalue weighted by Crippen LogP contribution is 2.28. The third-order valence-corrected chi connectivity index (χ3v) is 3.48. The Labute approximate surface area is 117 Å². The Morgan fingerprint density at radius 2 is 2.00 bits per heavy atom. The van der Waals surface area contributed by atoms with E-state index in [1.54, 1.807) is 0 Å². The predicted octanol–water partition coefficient (Wildman–Crippen LogP) is 2.05. The average Bonchev–Trinajstić information content (AvgIpc) is 3.03. The maximum Gasteiger partial charge on any atom is 0.293 e. The lowest BCUT2D eigenvalue weighted by molar-refractivity contribution is 0.101. The monoisotopic (exact) mass is 271 g/mol. The molecule has 0 bridgehead atoms. The summed E-state index contributed by atoms with van der Waals surface area (Å²) in [5.74, 6) is -0.0505. The van der Waals surface area contributed by atoms with Gasteiger partial charge in [-0.2, -0.15) is 5.10 Å². The van der Waals surface area contributed by atoms with Crippen LogP contribution in [0.15, 0.2) is 30.6 Å². The van der Waals surface area contributed by atoms with Gasteiger partial charge in [0.1, 0.15) is 6.33 Å². The summed E-state index contributed by atoms with van der Waals surface area (Å²) in [6.45, 7) is 2.07. The number of nitrogens with one attached hydrogen (secondary N) is 2. The molecule has 2 heterocycles. The predicted molar refractivity (Wildman–Crippen MR) is 76.8 cm³/mol. The van der Waals surface area contributed by atoms with Gasteiger partial charge in [-0.25, -0.2) is 4.98 Å². The molecule has 1 aromatic carbocycles. The fraction of sp³-hybridized carbons (Fsp3) is 0.357. The Bertz CT molecular complexity index is 575. The summed E-state index contributed by atoms with van der Waals surface area (Å²) in [5.41, 5.74) is 1.89. The standard InChI is InChI=1S/C14H17N5O/c20-14(13-15-10-16-18-13)17-11-6-2-3-7-12(11)19-8-4-1-5-9-19/h2-3,6-7,10H,1,4-5,8-9H2,(H,17,20)(H,15,16,18). The van der Waals surface area contributed by atoms with Crippen LogP contribution in [-0.2, 0) is 0 Å². The first kappa shape index (κ1) is 12.7. The van der Waals surface area contributed by atoms with Crippen molar-refractivity contribution in [3.8, 4) is 0 Å². The molecule has 104 valence electrons. The quantitative estimate of drug-likeness (QED) is 0.896. The SMILES string of the molecule is O=C(Nc1ccccc1N1CCCCC1)c1ncn[nH]1. The number of nitrogens with zero attached hydrogens (tertiary/aromatic N) is 3. The number of rotatable bonds is 3. The number of anilines is 2. The van der Waals surface area contributed by atoms with Gasteiger partial charge in [0.15, 0.2) is 0 Å². The van der Waals surface area contributed by atoms with Crippen molar-refractivity contribution in [1.29, 1.82) is 0 Å². The van der Waals surface area contributed by atoms with Gasteiger partial charge in [-0.1, -0.05) is 12.1 Å². The van der Waals surface area contributed by atoms with Crippen LogP contribution in [-0.4, -0.2) is 34.2 Å². The van der Waals surface area contributed by atoms with E-state index in [1.807, 2.05) is 24.3 Å². The number of piperidine rings is 1. The van der Waals surface area contributed by atoms with Crippen LogP contribution in [0.5, 0.6) is 0 Å². The van der Waals surface area contributed by atoms with Gasteiger partial charge >= 0.3 is 0 Å². The van der Waals surface area contributed by atoms with Crippen molar-refractivity contribution in [2.75, 3.05) is 23.3 Å². The molecule has 0 spiro atoms. The number of benzene rings is 1. The van der Waals surface area contributed by atoms with E-state index in [1.165, 1.54) is 25.6 Å². The topological polar surface area (TPSA) is 73.9 Å². The van der Waals surface area contributed by atoms with Gasteiger partial charge in [-0.15, -0.1) is 0 Å². The van der Waals surface area contributed by atoms with Crippen LogP contribution < -0.4 is 10.2 Å². The Morgan fingerprint density at radius 3 is 2.75 bits per heavy atom. The summed E-state index contributed by atoms with van der Waals surface area (Å²) in [6, 6.07) is 7.87. The minimum absolute atomic E-state index is 0.221. The molecule has 0 unspecified atom stereocenters. The number of H-pyrrole nitrogens is 1. The summed E-state index contributed by atoms with van der Waals surface area (Å²) in [5, 5.41) is 9.16. The second-order valence-corrected chi connectivity index (χ2v) is 4.85. The van der Waals surface area contributed by atoms with Crippen molar-refractivity contribution >= 4 is 17.3 Å². The normalized spacial score (nSPS) is 15.1. The highest BCUT2D eigenvalue weighted by molar-refractivity contribution is 6.03. The molecule has 0 atom stereocenters. The number of aromatic nitrogens is 3. The molecule has 0 saturated carbocycles. The first-order valence-corrected chi connectivity index (χ1v) is 6.85. The summed E-state index contributed by atoms with van der Waals surface area (Å²) in [7, 11) is 0. The summed E-state index contributed by atoms with van der Waals surface area (Å²) in [4.78, 5) is 18.2. The lowest BCUT2D eigenvalue weighted by Crippen LogP contribution is -2.30. The van der Waals surface area contributed by atoms with E-state index in [4.69, 9.17) is 0 Å². The number of hydrogen-bond acceptors (Lipinski definition) is 4. The fourth-order valence-electron chi connectivity index (χ4n) is 2.49. The summed E-state index contributed by atoms with van der Waals surface area (Å²) in [6.07, 6.45) is 5.00. The summed E-state index contributed by atoms with van der Waals surface area (Å²) >= 11 is 0. The smallest absolute Gasteiger partial charge is 0.293 e. The zero-order chi connectivity index (χ0) is 13.8. The van der Waals surface area contributed by atoms with Crippen molar-refractivity contribution in [2.45, 2.75) is 19.3 Å². The molecule has 1 aliphatic heterocycles.